The molecule has 30 heavy (non-hydrogen) atoms. The van der Waals surface area contributed by atoms with Gasteiger partial charge in [0, 0.05) is 26.7 Å². The first kappa shape index (κ1) is 23.0. The normalized spacial score (nSPS) is 20.0. The Morgan fingerprint density at radius 1 is 1.37 bits per heavy atom. The number of nitrogens with zero attached hydrogens (tertiary/aromatic N) is 3. The van der Waals surface area contributed by atoms with Crippen molar-refractivity contribution in [3.8, 4) is 0 Å². The van der Waals surface area contributed by atoms with Gasteiger partial charge >= 0.3 is 0 Å². The van der Waals surface area contributed by atoms with Gasteiger partial charge in [0.1, 0.15) is 5.52 Å². The van der Waals surface area contributed by atoms with E-state index >= 15 is 0 Å². The summed E-state index contributed by atoms with van der Waals surface area (Å²) in [6.07, 6.45) is 0.450. The van der Waals surface area contributed by atoms with Crippen LogP contribution in [-0.4, -0.2) is 80.4 Å². The van der Waals surface area contributed by atoms with Crippen LogP contribution in [0.4, 0.5) is 0 Å². The molecular formula is C18H25N3O6S3. The number of sulfonamides is 1. The van der Waals surface area contributed by atoms with Gasteiger partial charge in [-0.3, -0.25) is 4.79 Å². The minimum absolute atomic E-state index is 0.00399. The van der Waals surface area contributed by atoms with Crippen molar-refractivity contribution < 1.29 is 26.0 Å². The zero-order valence-corrected chi connectivity index (χ0v) is 19.7. The molecular weight excluding hydrogens is 450 g/mol. The molecule has 2 aromatic rings. The summed E-state index contributed by atoms with van der Waals surface area (Å²) >= 11 is 1.12. The van der Waals surface area contributed by atoms with E-state index in [1.165, 1.54) is 32.3 Å². The zero-order chi connectivity index (χ0) is 22.3. The van der Waals surface area contributed by atoms with Crippen LogP contribution in [0.5, 0.6) is 0 Å². The SMILES string of the molecule is CCN(C(=O)[C@H](C)Sc1nc2cc(S(=O)(=O)N(C)C)ccc2o1)[C@@H]1CCS(=O)(=O)C1. The first-order valence-electron chi connectivity index (χ1n) is 9.45. The Hall–Kier alpha value is -1.63. The van der Waals surface area contributed by atoms with Crippen LogP contribution in [0.1, 0.15) is 20.3 Å². The van der Waals surface area contributed by atoms with Crippen molar-refractivity contribution in [3.05, 3.63) is 18.2 Å². The molecule has 2 atom stereocenters. The fraction of sp³-hybridized carbons (Fsp3) is 0.556. The maximum atomic E-state index is 12.9. The molecule has 0 spiro atoms. The number of benzene rings is 1. The largest absolute Gasteiger partial charge is 0.431 e. The number of hydrogen-bond donors (Lipinski definition) is 0. The van der Waals surface area contributed by atoms with Crippen molar-refractivity contribution in [2.24, 2.45) is 0 Å². The highest BCUT2D eigenvalue weighted by atomic mass is 32.2. The zero-order valence-electron chi connectivity index (χ0n) is 17.2. The fourth-order valence-electron chi connectivity index (χ4n) is 3.36. The molecule has 166 valence electrons. The Kier molecular flexibility index (Phi) is 6.51. The van der Waals surface area contributed by atoms with E-state index in [9.17, 15) is 21.6 Å². The third-order valence-corrected chi connectivity index (χ3v) is 9.51. The molecule has 0 radical (unpaired) electrons. The number of sulfone groups is 1. The second-order valence-electron chi connectivity index (χ2n) is 7.34. The molecule has 1 saturated heterocycles. The maximum Gasteiger partial charge on any atom is 0.257 e. The van der Waals surface area contributed by atoms with E-state index in [0.29, 0.717) is 24.1 Å². The Morgan fingerprint density at radius 2 is 2.07 bits per heavy atom. The van der Waals surface area contributed by atoms with E-state index in [-0.39, 0.29) is 33.6 Å². The van der Waals surface area contributed by atoms with E-state index in [1.807, 2.05) is 6.92 Å². The molecule has 0 bridgehead atoms. The number of carbonyl (C=O) groups excluding carboxylic acids is 1. The van der Waals surface area contributed by atoms with Crippen molar-refractivity contribution in [1.82, 2.24) is 14.2 Å². The molecule has 1 amide bonds. The lowest BCUT2D eigenvalue weighted by Gasteiger charge is -2.28. The summed E-state index contributed by atoms with van der Waals surface area (Å²) in [7, 11) is -3.79. The van der Waals surface area contributed by atoms with Crippen LogP contribution in [0, 0.1) is 0 Å². The molecule has 2 heterocycles. The highest BCUT2D eigenvalue weighted by Crippen LogP contribution is 2.30. The van der Waals surface area contributed by atoms with Crippen molar-refractivity contribution in [1.29, 1.82) is 0 Å². The van der Waals surface area contributed by atoms with E-state index in [2.05, 4.69) is 4.98 Å². The summed E-state index contributed by atoms with van der Waals surface area (Å²) < 4.78 is 54.9. The molecule has 0 saturated carbocycles. The first-order valence-corrected chi connectivity index (χ1v) is 13.6. The standard InChI is InChI=1S/C18H25N3O6S3/c1-5-21(13-8-9-29(23,24)11-13)17(22)12(2)28-18-19-15-10-14(6-7-16(15)27-18)30(25,26)20(3)4/h6-7,10,12-13H,5,8-9,11H2,1-4H3/t12-,13+/m0/s1. The third kappa shape index (κ3) is 4.66. The van der Waals surface area contributed by atoms with Gasteiger partial charge in [-0.15, -0.1) is 0 Å². The Morgan fingerprint density at radius 3 is 2.63 bits per heavy atom. The van der Waals surface area contributed by atoms with Gasteiger partial charge in [0.2, 0.25) is 15.9 Å². The number of aromatic nitrogens is 1. The van der Waals surface area contributed by atoms with E-state index in [4.69, 9.17) is 4.42 Å². The summed E-state index contributed by atoms with van der Waals surface area (Å²) in [4.78, 5) is 18.9. The lowest BCUT2D eigenvalue weighted by atomic mass is 10.2. The van der Waals surface area contributed by atoms with Gasteiger partial charge in [-0.25, -0.2) is 26.1 Å². The number of carbonyl (C=O) groups is 1. The molecule has 1 fully saturated rings. The topological polar surface area (TPSA) is 118 Å². The van der Waals surface area contributed by atoms with E-state index in [1.54, 1.807) is 11.8 Å². The smallest absolute Gasteiger partial charge is 0.257 e. The van der Waals surface area contributed by atoms with E-state index in [0.717, 1.165) is 16.1 Å². The van der Waals surface area contributed by atoms with Gasteiger partial charge in [0.15, 0.2) is 15.4 Å². The molecule has 9 nitrogen and oxygen atoms in total. The lowest BCUT2D eigenvalue weighted by Crippen LogP contribution is -2.44. The van der Waals surface area contributed by atoms with Gasteiger partial charge < -0.3 is 9.32 Å². The number of oxazole rings is 1. The van der Waals surface area contributed by atoms with Crippen molar-refractivity contribution in [3.63, 3.8) is 0 Å². The molecule has 1 aliphatic heterocycles. The molecule has 1 aliphatic rings. The number of amides is 1. The third-order valence-electron chi connectivity index (χ3n) is 5.02. The summed E-state index contributed by atoms with van der Waals surface area (Å²) in [6, 6.07) is 4.12. The Labute approximate surface area is 180 Å². The highest BCUT2D eigenvalue weighted by Gasteiger charge is 2.35. The van der Waals surface area contributed by atoms with Crippen LogP contribution in [0.25, 0.3) is 11.1 Å². The predicted octanol–water partition coefficient (Wildman–Crippen LogP) is 1.59. The minimum atomic E-state index is -3.59. The molecule has 0 aliphatic carbocycles. The fourth-order valence-corrected chi connectivity index (χ4v) is 6.84. The van der Waals surface area contributed by atoms with Crippen molar-refractivity contribution in [2.45, 2.75) is 41.7 Å². The Balaban J connectivity index is 1.77. The molecule has 1 aromatic carbocycles. The van der Waals surface area contributed by atoms with Gasteiger partial charge in [0.05, 0.1) is 21.7 Å². The van der Waals surface area contributed by atoms with Crippen LogP contribution in [0.15, 0.2) is 32.7 Å². The number of hydrogen-bond acceptors (Lipinski definition) is 8. The second kappa shape index (κ2) is 8.48. The van der Waals surface area contributed by atoms with Crippen LogP contribution in [0.2, 0.25) is 0 Å². The summed E-state index contributed by atoms with van der Waals surface area (Å²) in [5, 5.41) is -0.286. The lowest BCUT2D eigenvalue weighted by molar-refractivity contribution is -0.131. The average Bonchev–Trinajstić information content (AvgIpc) is 3.23. The molecule has 0 unspecified atom stereocenters. The average molecular weight is 476 g/mol. The second-order valence-corrected chi connectivity index (χ2v) is 13.0. The van der Waals surface area contributed by atoms with Crippen LogP contribution in [0.3, 0.4) is 0 Å². The van der Waals surface area contributed by atoms with Crippen LogP contribution < -0.4 is 0 Å². The molecule has 12 heteroatoms. The first-order chi connectivity index (χ1) is 13.9. The van der Waals surface area contributed by atoms with E-state index < -0.39 is 25.1 Å². The maximum absolute atomic E-state index is 12.9. The number of thioether (sulfide) groups is 1. The number of rotatable bonds is 7. The minimum Gasteiger partial charge on any atom is -0.431 e. The molecule has 0 N–H and O–H groups in total. The van der Waals surface area contributed by atoms with Crippen molar-refractivity contribution in [2.75, 3.05) is 32.1 Å². The summed E-state index contributed by atoms with van der Waals surface area (Å²) in [5.74, 6) is -0.0786. The van der Waals surface area contributed by atoms with Crippen LogP contribution in [-0.2, 0) is 24.7 Å². The van der Waals surface area contributed by atoms with Gasteiger partial charge in [0.25, 0.3) is 5.22 Å². The number of fused-ring (bicyclic) bond motifs is 1. The molecule has 1 aromatic heterocycles. The highest BCUT2D eigenvalue weighted by molar-refractivity contribution is 8.00. The predicted molar refractivity (Wildman–Crippen MR) is 115 cm³/mol. The quantitative estimate of drug-likeness (QED) is 0.554. The summed E-state index contributed by atoms with van der Waals surface area (Å²) in [5.41, 5.74) is 0.804. The van der Waals surface area contributed by atoms with Gasteiger partial charge in [-0.05, 0) is 38.5 Å². The molecule has 3 rings (SSSR count). The summed E-state index contributed by atoms with van der Waals surface area (Å²) in [6.45, 7) is 3.96. The van der Waals surface area contributed by atoms with Crippen molar-refractivity contribution >= 4 is 48.6 Å². The van der Waals surface area contributed by atoms with Gasteiger partial charge in [-0.1, -0.05) is 11.8 Å². The van der Waals surface area contributed by atoms with Crippen LogP contribution >= 0.6 is 11.8 Å². The van der Waals surface area contributed by atoms with Gasteiger partial charge in [-0.2, -0.15) is 0 Å². The Bertz CT molecular complexity index is 1160. The monoisotopic (exact) mass is 475 g/mol.